The van der Waals surface area contributed by atoms with Crippen molar-refractivity contribution < 1.29 is 14.7 Å². The quantitative estimate of drug-likeness (QED) is 0.805. The van der Waals surface area contributed by atoms with Gasteiger partial charge in [-0.1, -0.05) is 29.7 Å². The maximum atomic E-state index is 11.7. The molecule has 0 spiro atoms. The molecule has 0 atom stereocenters. The molecule has 0 saturated carbocycles. The Morgan fingerprint density at radius 1 is 1.47 bits per heavy atom. The van der Waals surface area contributed by atoms with E-state index in [4.69, 9.17) is 23.1 Å². The van der Waals surface area contributed by atoms with Crippen LogP contribution in [-0.2, 0) is 11.3 Å². The van der Waals surface area contributed by atoms with Gasteiger partial charge in [0.1, 0.15) is 6.54 Å². The Balaban J connectivity index is 2.57. The molecule has 2 N–H and O–H groups in total. The molecule has 0 aliphatic heterocycles. The average Bonchev–Trinajstić information content (AvgIpc) is 2.35. The van der Waals surface area contributed by atoms with Gasteiger partial charge >= 0.3 is 12.0 Å². The molecule has 1 rings (SSSR count). The summed E-state index contributed by atoms with van der Waals surface area (Å²) in [6.07, 6.45) is 5.09. The first-order chi connectivity index (χ1) is 9.02. The lowest BCUT2D eigenvalue weighted by Crippen LogP contribution is -2.42. The Bertz CT molecular complexity index is 511. The number of nitrogens with zero attached hydrogens (tertiary/aromatic N) is 1. The van der Waals surface area contributed by atoms with Crippen LogP contribution in [0, 0.1) is 12.3 Å². The van der Waals surface area contributed by atoms with Gasteiger partial charge in [-0.3, -0.25) is 4.79 Å². The van der Waals surface area contributed by atoms with Crippen molar-refractivity contribution in [1.29, 1.82) is 0 Å². The van der Waals surface area contributed by atoms with Gasteiger partial charge in [0.05, 0.1) is 6.54 Å². The molecule has 100 valence electrons. The van der Waals surface area contributed by atoms with Gasteiger partial charge in [-0.2, -0.15) is 0 Å². The molecule has 0 radical (unpaired) electrons. The third-order valence-electron chi connectivity index (χ3n) is 2.23. The van der Waals surface area contributed by atoms with Gasteiger partial charge in [-0.15, -0.1) is 6.42 Å². The van der Waals surface area contributed by atoms with Crippen molar-refractivity contribution in [2.45, 2.75) is 6.54 Å². The lowest BCUT2D eigenvalue weighted by molar-refractivity contribution is -0.137. The predicted molar refractivity (Wildman–Crippen MR) is 71.7 cm³/mol. The highest BCUT2D eigenvalue weighted by molar-refractivity contribution is 6.30. The van der Waals surface area contributed by atoms with Crippen LogP contribution in [-0.4, -0.2) is 35.1 Å². The van der Waals surface area contributed by atoms with E-state index in [1.54, 1.807) is 24.3 Å². The van der Waals surface area contributed by atoms with Crippen molar-refractivity contribution >= 4 is 23.6 Å². The zero-order valence-electron chi connectivity index (χ0n) is 10.1. The minimum Gasteiger partial charge on any atom is -0.480 e. The van der Waals surface area contributed by atoms with E-state index in [0.29, 0.717) is 5.02 Å². The molecule has 5 nitrogen and oxygen atoms in total. The second-order valence-electron chi connectivity index (χ2n) is 3.74. The maximum absolute atomic E-state index is 11.7. The number of amides is 2. The van der Waals surface area contributed by atoms with Crippen LogP contribution >= 0.6 is 11.6 Å². The average molecular weight is 281 g/mol. The number of hydrogen-bond acceptors (Lipinski definition) is 2. The number of halogens is 1. The molecule has 0 fully saturated rings. The van der Waals surface area contributed by atoms with Crippen LogP contribution in [0.5, 0.6) is 0 Å². The number of hydrogen-bond donors (Lipinski definition) is 2. The summed E-state index contributed by atoms with van der Waals surface area (Å²) in [7, 11) is 0. The molecule has 0 unspecified atom stereocenters. The highest BCUT2D eigenvalue weighted by Crippen LogP contribution is 2.10. The monoisotopic (exact) mass is 280 g/mol. The normalized spacial score (nSPS) is 9.47. The number of carbonyl (C=O) groups excluding carboxylic acids is 1. The standard InChI is InChI=1S/C13H13ClN2O3/c1-2-6-16(9-12(17)18)13(19)15-8-10-4-3-5-11(14)7-10/h1,3-5,7H,6,8-9H2,(H,15,19)(H,17,18). The fraction of sp³-hybridized carbons (Fsp3) is 0.231. The molecule has 0 aliphatic rings. The minimum absolute atomic E-state index is 0.0618. The van der Waals surface area contributed by atoms with Crippen LogP contribution in [0.25, 0.3) is 0 Å². The summed E-state index contributed by atoms with van der Waals surface area (Å²) in [6.45, 7) is -0.251. The third-order valence-corrected chi connectivity index (χ3v) is 2.46. The van der Waals surface area contributed by atoms with Crippen molar-refractivity contribution in [1.82, 2.24) is 10.2 Å². The molecule has 1 aromatic rings. The van der Waals surface area contributed by atoms with Crippen molar-refractivity contribution in [2.24, 2.45) is 0 Å². The van der Waals surface area contributed by atoms with E-state index in [1.807, 2.05) is 0 Å². The molecule has 0 saturated heterocycles. The summed E-state index contributed by atoms with van der Waals surface area (Å²) in [5.41, 5.74) is 0.817. The first-order valence-corrected chi connectivity index (χ1v) is 5.83. The van der Waals surface area contributed by atoms with Crippen LogP contribution in [0.3, 0.4) is 0 Å². The van der Waals surface area contributed by atoms with E-state index in [-0.39, 0.29) is 13.1 Å². The van der Waals surface area contributed by atoms with Gasteiger partial charge in [0.25, 0.3) is 0 Å². The zero-order valence-corrected chi connectivity index (χ0v) is 10.9. The molecule has 19 heavy (non-hydrogen) atoms. The van der Waals surface area contributed by atoms with Crippen LogP contribution in [0.2, 0.25) is 5.02 Å². The van der Waals surface area contributed by atoms with E-state index < -0.39 is 18.5 Å². The Morgan fingerprint density at radius 3 is 2.79 bits per heavy atom. The third kappa shape index (κ3) is 5.32. The second-order valence-corrected chi connectivity index (χ2v) is 4.18. The summed E-state index contributed by atoms with van der Waals surface area (Å²) < 4.78 is 0. The van der Waals surface area contributed by atoms with Crippen LogP contribution in [0.4, 0.5) is 4.79 Å². The zero-order chi connectivity index (χ0) is 14.3. The number of carbonyl (C=O) groups is 2. The summed E-state index contributed by atoms with van der Waals surface area (Å²) >= 11 is 5.81. The Morgan fingerprint density at radius 2 is 2.21 bits per heavy atom. The largest absolute Gasteiger partial charge is 0.480 e. The lowest BCUT2D eigenvalue weighted by atomic mass is 10.2. The first kappa shape index (κ1) is 14.9. The first-order valence-electron chi connectivity index (χ1n) is 5.45. The van der Waals surface area contributed by atoms with Gasteiger partial charge in [0.15, 0.2) is 0 Å². The van der Waals surface area contributed by atoms with E-state index >= 15 is 0 Å². The molecule has 1 aromatic carbocycles. The molecule has 2 amide bonds. The van der Waals surface area contributed by atoms with Gasteiger partial charge in [0, 0.05) is 11.6 Å². The van der Waals surface area contributed by atoms with Crippen molar-refractivity contribution in [3.8, 4) is 12.3 Å². The Labute approximate surface area is 116 Å². The second kappa shape index (κ2) is 7.29. The van der Waals surface area contributed by atoms with E-state index in [1.165, 1.54) is 0 Å². The van der Waals surface area contributed by atoms with Crippen molar-refractivity contribution in [3.63, 3.8) is 0 Å². The molecule has 0 heterocycles. The molecule has 6 heteroatoms. The number of terminal acetylenes is 1. The number of aliphatic carboxylic acids is 1. The van der Waals surface area contributed by atoms with E-state index in [9.17, 15) is 9.59 Å². The lowest BCUT2D eigenvalue weighted by Gasteiger charge is -2.18. The van der Waals surface area contributed by atoms with Gasteiger partial charge in [0.2, 0.25) is 0 Å². The fourth-order valence-corrected chi connectivity index (χ4v) is 1.62. The predicted octanol–water partition coefficient (Wildman–Crippen LogP) is 1.57. The SMILES string of the molecule is C#CCN(CC(=O)O)C(=O)NCc1cccc(Cl)c1. The summed E-state index contributed by atoms with van der Waals surface area (Å²) in [5.74, 6) is 1.12. The van der Waals surface area contributed by atoms with Gasteiger partial charge in [-0.05, 0) is 17.7 Å². The Hall–Kier alpha value is -2.19. The van der Waals surface area contributed by atoms with Gasteiger partial charge < -0.3 is 15.3 Å². The van der Waals surface area contributed by atoms with Crippen LogP contribution in [0.1, 0.15) is 5.56 Å². The van der Waals surface area contributed by atoms with E-state index in [2.05, 4.69) is 11.2 Å². The number of urea groups is 1. The number of nitrogens with one attached hydrogen (secondary N) is 1. The van der Waals surface area contributed by atoms with Crippen molar-refractivity contribution in [3.05, 3.63) is 34.9 Å². The highest BCUT2D eigenvalue weighted by atomic mass is 35.5. The van der Waals surface area contributed by atoms with Crippen LogP contribution < -0.4 is 5.32 Å². The summed E-state index contributed by atoms with van der Waals surface area (Å²) in [4.78, 5) is 23.4. The molecule has 0 aliphatic carbocycles. The van der Waals surface area contributed by atoms with Crippen molar-refractivity contribution in [2.75, 3.05) is 13.1 Å². The topological polar surface area (TPSA) is 69.6 Å². The molecular weight excluding hydrogens is 268 g/mol. The summed E-state index contributed by atoms with van der Waals surface area (Å²) in [6, 6.07) is 6.47. The number of carboxylic acids is 1. The smallest absolute Gasteiger partial charge is 0.323 e. The molecule has 0 aromatic heterocycles. The number of rotatable bonds is 5. The number of benzene rings is 1. The highest BCUT2D eigenvalue weighted by Gasteiger charge is 2.15. The maximum Gasteiger partial charge on any atom is 0.323 e. The fourth-order valence-electron chi connectivity index (χ4n) is 1.41. The Kier molecular flexibility index (Phi) is 5.71. The molecule has 0 bridgehead atoms. The van der Waals surface area contributed by atoms with Gasteiger partial charge in [-0.25, -0.2) is 4.79 Å². The van der Waals surface area contributed by atoms with Crippen LogP contribution in [0.15, 0.2) is 24.3 Å². The van der Waals surface area contributed by atoms with E-state index in [0.717, 1.165) is 10.5 Å². The molecular formula is C13H13ClN2O3. The minimum atomic E-state index is -1.12. The summed E-state index contributed by atoms with van der Waals surface area (Å²) in [5, 5.41) is 11.8. The number of carboxylic acid groups (broad SMARTS) is 1.